The molecule has 164 valence electrons. The molecule has 0 saturated carbocycles. The van der Waals surface area contributed by atoms with Gasteiger partial charge in [0.2, 0.25) is 0 Å². The number of nitrogens with zero attached hydrogens (tertiary/aromatic N) is 5. The van der Waals surface area contributed by atoms with Crippen LogP contribution in [-0.2, 0) is 11.3 Å². The molecular weight excluding hydrogens is 504 g/mol. The van der Waals surface area contributed by atoms with E-state index >= 15 is 0 Å². The number of rotatable bonds is 7. The van der Waals surface area contributed by atoms with E-state index in [0.717, 1.165) is 45.3 Å². The van der Waals surface area contributed by atoms with E-state index in [1.807, 2.05) is 4.68 Å². The van der Waals surface area contributed by atoms with Gasteiger partial charge in [-0.05, 0) is 24.0 Å². The van der Waals surface area contributed by atoms with Gasteiger partial charge in [-0.2, -0.15) is 5.10 Å². The van der Waals surface area contributed by atoms with Crippen LogP contribution < -0.4 is 10.2 Å². The second-order valence-electron chi connectivity index (χ2n) is 6.85. The van der Waals surface area contributed by atoms with Gasteiger partial charge in [-0.15, -0.1) is 0 Å². The lowest BCUT2D eigenvalue weighted by Gasteiger charge is -2.28. The average Bonchev–Trinajstić information content (AvgIpc) is 3.18. The lowest BCUT2D eigenvalue weighted by molar-refractivity contribution is 0.0952. The predicted molar refractivity (Wildman–Crippen MR) is 126 cm³/mol. The Bertz CT molecular complexity index is 1090. The van der Waals surface area contributed by atoms with Crippen LogP contribution in [-0.4, -0.2) is 64.3 Å². The molecule has 8 nitrogen and oxygen atoms in total. The number of hydrogen-bond donors (Lipinski definition) is 1. The van der Waals surface area contributed by atoms with Crippen molar-refractivity contribution in [3.8, 4) is 0 Å². The van der Waals surface area contributed by atoms with Gasteiger partial charge in [0.1, 0.15) is 5.82 Å². The highest BCUT2D eigenvalue weighted by molar-refractivity contribution is 9.10. The number of carbonyl (C=O) groups is 1. The fourth-order valence-corrected chi connectivity index (χ4v) is 4.46. The standard InChI is InChI=1S/C20H22BrClN6O2S/c1-2-31-20-25-17(27-7-9-30-10-8-27)15-12-24-28(18(15)26-20)6-5-23-19(29)14-11-13(21)3-4-16(14)22/h3-4,11-12H,2,5-10H2,1H3,(H,23,29). The molecule has 0 unspecified atom stereocenters. The first-order valence-corrected chi connectivity index (χ1v) is 12.1. The SMILES string of the molecule is CCSc1nc(N2CCOCC2)c2cnn(CCNC(=O)c3cc(Br)ccc3Cl)c2n1. The predicted octanol–water partition coefficient (Wildman–Crippen LogP) is 3.62. The van der Waals surface area contributed by atoms with Gasteiger partial charge in [-0.25, -0.2) is 14.6 Å². The van der Waals surface area contributed by atoms with Gasteiger partial charge in [0.05, 0.1) is 41.9 Å². The molecule has 0 bridgehead atoms. The summed E-state index contributed by atoms with van der Waals surface area (Å²) in [5.41, 5.74) is 1.20. The van der Waals surface area contributed by atoms with Crippen molar-refractivity contribution in [1.29, 1.82) is 0 Å². The van der Waals surface area contributed by atoms with Crippen LogP contribution in [0.2, 0.25) is 5.02 Å². The minimum Gasteiger partial charge on any atom is -0.378 e. The van der Waals surface area contributed by atoms with Crippen LogP contribution in [0.1, 0.15) is 17.3 Å². The van der Waals surface area contributed by atoms with Crippen LogP contribution >= 0.6 is 39.3 Å². The summed E-state index contributed by atoms with van der Waals surface area (Å²) in [5, 5.41) is 9.47. The number of anilines is 1. The number of carbonyl (C=O) groups excluding carboxylic acids is 1. The molecule has 0 aliphatic carbocycles. The summed E-state index contributed by atoms with van der Waals surface area (Å²) in [6.45, 7) is 5.89. The Hall–Kier alpha value is -1.88. The molecule has 1 amide bonds. The highest BCUT2D eigenvalue weighted by Gasteiger charge is 2.20. The first kappa shape index (κ1) is 22.3. The van der Waals surface area contributed by atoms with Crippen LogP contribution in [0.5, 0.6) is 0 Å². The zero-order valence-electron chi connectivity index (χ0n) is 17.0. The van der Waals surface area contributed by atoms with Crippen LogP contribution in [0.3, 0.4) is 0 Å². The molecule has 1 aliphatic heterocycles. The van der Waals surface area contributed by atoms with Gasteiger partial charge < -0.3 is 15.0 Å². The van der Waals surface area contributed by atoms with Crippen molar-refractivity contribution in [3.63, 3.8) is 0 Å². The second kappa shape index (κ2) is 10.2. The second-order valence-corrected chi connectivity index (χ2v) is 9.40. The van der Waals surface area contributed by atoms with E-state index in [2.05, 4.69) is 38.2 Å². The molecule has 0 atom stereocenters. The third kappa shape index (κ3) is 5.14. The number of thioether (sulfide) groups is 1. The highest BCUT2D eigenvalue weighted by atomic mass is 79.9. The molecule has 3 aromatic rings. The van der Waals surface area contributed by atoms with Crippen molar-refractivity contribution in [1.82, 2.24) is 25.1 Å². The molecule has 1 aliphatic rings. The Kier molecular flexibility index (Phi) is 7.31. The van der Waals surface area contributed by atoms with E-state index in [4.69, 9.17) is 26.3 Å². The van der Waals surface area contributed by atoms with E-state index in [0.29, 0.717) is 36.9 Å². The third-order valence-electron chi connectivity index (χ3n) is 4.82. The van der Waals surface area contributed by atoms with Crippen molar-refractivity contribution in [2.24, 2.45) is 0 Å². The number of halogens is 2. The summed E-state index contributed by atoms with van der Waals surface area (Å²) in [6, 6.07) is 5.20. The summed E-state index contributed by atoms with van der Waals surface area (Å²) in [7, 11) is 0. The largest absolute Gasteiger partial charge is 0.378 e. The maximum absolute atomic E-state index is 12.5. The molecule has 1 fully saturated rings. The monoisotopic (exact) mass is 524 g/mol. The minimum atomic E-state index is -0.228. The lowest BCUT2D eigenvalue weighted by Crippen LogP contribution is -2.37. The molecule has 4 rings (SSSR count). The number of morpholine rings is 1. The van der Waals surface area contributed by atoms with Crippen molar-refractivity contribution in [2.45, 2.75) is 18.6 Å². The van der Waals surface area contributed by atoms with Gasteiger partial charge in [0, 0.05) is 24.1 Å². The van der Waals surface area contributed by atoms with E-state index in [-0.39, 0.29) is 5.91 Å². The normalized spacial score (nSPS) is 14.2. The molecule has 11 heteroatoms. The third-order valence-corrected chi connectivity index (χ3v) is 6.37. The highest BCUT2D eigenvalue weighted by Crippen LogP contribution is 2.27. The zero-order valence-corrected chi connectivity index (χ0v) is 20.1. The maximum Gasteiger partial charge on any atom is 0.252 e. The number of aromatic nitrogens is 4. The molecule has 0 spiro atoms. The molecule has 1 aromatic carbocycles. The Labute approximate surface area is 197 Å². The van der Waals surface area contributed by atoms with Gasteiger partial charge in [-0.3, -0.25) is 4.79 Å². The van der Waals surface area contributed by atoms with Gasteiger partial charge in [0.25, 0.3) is 5.91 Å². The van der Waals surface area contributed by atoms with Crippen molar-refractivity contribution >= 4 is 62.1 Å². The van der Waals surface area contributed by atoms with Gasteiger partial charge in [-0.1, -0.05) is 46.2 Å². The molecular formula is C20H22BrClN6O2S. The minimum absolute atomic E-state index is 0.228. The number of amides is 1. The molecule has 0 radical (unpaired) electrons. The average molecular weight is 526 g/mol. The fourth-order valence-electron chi connectivity index (χ4n) is 3.34. The Morgan fingerprint density at radius 2 is 2.13 bits per heavy atom. The van der Waals surface area contributed by atoms with Crippen molar-refractivity contribution in [2.75, 3.05) is 43.5 Å². The van der Waals surface area contributed by atoms with Crippen molar-refractivity contribution in [3.05, 3.63) is 39.5 Å². The summed E-state index contributed by atoms with van der Waals surface area (Å²) < 4.78 is 8.09. The van der Waals surface area contributed by atoms with E-state index in [9.17, 15) is 4.79 Å². The van der Waals surface area contributed by atoms with Gasteiger partial charge in [0.15, 0.2) is 10.8 Å². The first-order valence-electron chi connectivity index (χ1n) is 9.99. The lowest BCUT2D eigenvalue weighted by atomic mass is 10.2. The number of nitrogens with one attached hydrogen (secondary N) is 1. The Morgan fingerprint density at radius 1 is 1.32 bits per heavy atom. The summed E-state index contributed by atoms with van der Waals surface area (Å²) in [4.78, 5) is 24.2. The molecule has 3 heterocycles. The fraction of sp³-hybridized carbons (Fsp3) is 0.400. The van der Waals surface area contributed by atoms with Crippen LogP contribution in [0.4, 0.5) is 5.82 Å². The number of fused-ring (bicyclic) bond motifs is 1. The van der Waals surface area contributed by atoms with Gasteiger partial charge >= 0.3 is 0 Å². The smallest absolute Gasteiger partial charge is 0.252 e. The van der Waals surface area contributed by atoms with Crippen molar-refractivity contribution < 1.29 is 9.53 Å². The maximum atomic E-state index is 12.5. The first-order chi connectivity index (χ1) is 15.1. The molecule has 2 aromatic heterocycles. The molecule has 1 N–H and O–H groups in total. The molecule has 1 saturated heterocycles. The summed E-state index contributed by atoms with van der Waals surface area (Å²) in [5.74, 6) is 1.54. The summed E-state index contributed by atoms with van der Waals surface area (Å²) in [6.07, 6.45) is 1.80. The van der Waals surface area contributed by atoms with Crippen LogP contribution in [0.25, 0.3) is 11.0 Å². The zero-order chi connectivity index (χ0) is 21.8. The number of benzene rings is 1. The summed E-state index contributed by atoms with van der Waals surface area (Å²) >= 11 is 11.1. The Morgan fingerprint density at radius 3 is 2.90 bits per heavy atom. The Balaban J connectivity index is 1.53. The van der Waals surface area contributed by atoms with Crippen LogP contribution in [0.15, 0.2) is 34.0 Å². The topological polar surface area (TPSA) is 85.2 Å². The number of ether oxygens (including phenoxy) is 1. The van der Waals surface area contributed by atoms with E-state index in [1.54, 1.807) is 36.2 Å². The number of hydrogen-bond acceptors (Lipinski definition) is 7. The quantitative estimate of drug-likeness (QED) is 0.372. The molecule has 31 heavy (non-hydrogen) atoms. The van der Waals surface area contributed by atoms with E-state index < -0.39 is 0 Å². The van der Waals surface area contributed by atoms with Crippen LogP contribution in [0, 0.1) is 0 Å². The van der Waals surface area contributed by atoms with E-state index in [1.165, 1.54) is 0 Å².